The molecule has 1 heterocycles. The fourth-order valence-electron chi connectivity index (χ4n) is 2.58. The zero-order chi connectivity index (χ0) is 15.2. The van der Waals surface area contributed by atoms with Crippen LogP contribution in [0.1, 0.15) is 24.4 Å². The summed E-state index contributed by atoms with van der Waals surface area (Å²) < 4.78 is 0. The lowest BCUT2D eigenvalue weighted by atomic mass is 10.1. The van der Waals surface area contributed by atoms with Gasteiger partial charge in [0, 0.05) is 19.7 Å². The maximum atomic E-state index is 12.2. The van der Waals surface area contributed by atoms with Crippen molar-refractivity contribution in [3.05, 3.63) is 35.9 Å². The molecule has 1 unspecified atom stereocenters. The van der Waals surface area contributed by atoms with Gasteiger partial charge in [-0.25, -0.2) is 9.59 Å². The second-order valence-electron chi connectivity index (χ2n) is 5.24. The van der Waals surface area contributed by atoms with Gasteiger partial charge in [0.15, 0.2) is 6.04 Å². The van der Waals surface area contributed by atoms with Crippen molar-refractivity contribution in [2.75, 3.05) is 19.7 Å². The average Bonchev–Trinajstić information content (AvgIpc) is 2.94. The molecule has 6 nitrogen and oxygen atoms in total. The summed E-state index contributed by atoms with van der Waals surface area (Å²) in [5.74, 6) is -0.790. The van der Waals surface area contributed by atoms with Gasteiger partial charge >= 0.3 is 12.0 Å². The minimum absolute atomic E-state index is 0.113. The van der Waals surface area contributed by atoms with E-state index < -0.39 is 12.0 Å². The molecular weight excluding hydrogens is 272 g/mol. The van der Waals surface area contributed by atoms with Crippen molar-refractivity contribution in [2.24, 2.45) is 5.92 Å². The lowest BCUT2D eigenvalue weighted by Crippen LogP contribution is -2.42. The summed E-state index contributed by atoms with van der Waals surface area (Å²) in [6.45, 7) is 1.27. The predicted octanol–water partition coefficient (Wildman–Crippen LogP) is 1.23. The second kappa shape index (κ2) is 7.08. The first-order valence-corrected chi connectivity index (χ1v) is 7.06. The van der Waals surface area contributed by atoms with Gasteiger partial charge in [0.1, 0.15) is 0 Å². The summed E-state index contributed by atoms with van der Waals surface area (Å²) in [4.78, 5) is 25.1. The van der Waals surface area contributed by atoms with Gasteiger partial charge in [0.05, 0.1) is 0 Å². The zero-order valence-electron chi connectivity index (χ0n) is 11.7. The number of aliphatic hydroxyl groups is 1. The average molecular weight is 292 g/mol. The third-order valence-corrected chi connectivity index (χ3v) is 3.76. The number of benzene rings is 1. The number of hydrogen-bond donors (Lipinski definition) is 3. The topological polar surface area (TPSA) is 89.9 Å². The molecule has 1 saturated heterocycles. The van der Waals surface area contributed by atoms with E-state index in [9.17, 15) is 14.7 Å². The lowest BCUT2D eigenvalue weighted by Gasteiger charge is -2.21. The van der Waals surface area contributed by atoms with Gasteiger partial charge < -0.3 is 20.4 Å². The molecule has 0 aliphatic carbocycles. The largest absolute Gasteiger partial charge is 0.479 e. The van der Waals surface area contributed by atoms with Crippen molar-refractivity contribution in [1.82, 2.24) is 10.2 Å². The van der Waals surface area contributed by atoms with E-state index >= 15 is 0 Å². The van der Waals surface area contributed by atoms with Crippen LogP contribution in [0.25, 0.3) is 0 Å². The lowest BCUT2D eigenvalue weighted by molar-refractivity contribution is -0.139. The highest BCUT2D eigenvalue weighted by Gasteiger charge is 2.29. The molecule has 1 aliphatic rings. The van der Waals surface area contributed by atoms with E-state index in [1.54, 1.807) is 35.2 Å². The van der Waals surface area contributed by atoms with Crippen molar-refractivity contribution in [3.63, 3.8) is 0 Å². The Morgan fingerprint density at radius 3 is 2.67 bits per heavy atom. The zero-order valence-corrected chi connectivity index (χ0v) is 11.7. The fourth-order valence-corrected chi connectivity index (χ4v) is 2.58. The van der Waals surface area contributed by atoms with Crippen LogP contribution in [-0.4, -0.2) is 46.8 Å². The summed E-state index contributed by atoms with van der Waals surface area (Å²) in [7, 11) is 0. The molecule has 2 rings (SSSR count). The summed E-state index contributed by atoms with van der Waals surface area (Å²) in [5.41, 5.74) is 0.546. The molecule has 21 heavy (non-hydrogen) atoms. The van der Waals surface area contributed by atoms with E-state index in [0.29, 0.717) is 31.0 Å². The molecule has 2 atom stereocenters. The van der Waals surface area contributed by atoms with Gasteiger partial charge in [-0.3, -0.25) is 0 Å². The SMILES string of the molecule is O=C(O)[C@@H](NC(=O)N1CCC(CCO)C1)c1ccccc1. The molecule has 0 spiro atoms. The van der Waals surface area contributed by atoms with Crippen LogP contribution in [0.4, 0.5) is 4.79 Å². The van der Waals surface area contributed by atoms with E-state index in [2.05, 4.69) is 5.32 Å². The minimum atomic E-state index is -1.08. The number of nitrogens with one attached hydrogen (secondary N) is 1. The third-order valence-electron chi connectivity index (χ3n) is 3.76. The monoisotopic (exact) mass is 292 g/mol. The quantitative estimate of drug-likeness (QED) is 0.761. The van der Waals surface area contributed by atoms with Crippen LogP contribution in [0.15, 0.2) is 30.3 Å². The van der Waals surface area contributed by atoms with Crippen LogP contribution in [0.3, 0.4) is 0 Å². The van der Waals surface area contributed by atoms with Crippen molar-refractivity contribution >= 4 is 12.0 Å². The standard InChI is InChI=1S/C15H20N2O4/c18-9-7-11-6-8-17(10-11)15(21)16-13(14(19)20)12-4-2-1-3-5-12/h1-5,11,13,18H,6-10H2,(H,16,21)(H,19,20)/t11?,13-/m0/s1. The molecule has 3 N–H and O–H groups in total. The summed E-state index contributed by atoms with van der Waals surface area (Å²) in [6, 6.07) is 7.22. The van der Waals surface area contributed by atoms with Crippen LogP contribution in [0, 0.1) is 5.92 Å². The highest BCUT2D eigenvalue weighted by Crippen LogP contribution is 2.20. The Morgan fingerprint density at radius 2 is 2.05 bits per heavy atom. The molecule has 0 saturated carbocycles. The van der Waals surface area contributed by atoms with E-state index in [-0.39, 0.29) is 12.6 Å². The number of carboxylic acids is 1. The summed E-state index contributed by atoms with van der Waals surface area (Å²) >= 11 is 0. The Labute approximate surface area is 123 Å². The van der Waals surface area contributed by atoms with Crippen LogP contribution in [0.5, 0.6) is 0 Å². The second-order valence-corrected chi connectivity index (χ2v) is 5.24. The van der Waals surface area contributed by atoms with Gasteiger partial charge in [-0.1, -0.05) is 30.3 Å². The number of urea groups is 1. The number of likely N-dealkylation sites (tertiary alicyclic amines) is 1. The van der Waals surface area contributed by atoms with Gasteiger partial charge in [0.25, 0.3) is 0 Å². The molecule has 0 radical (unpaired) electrons. The van der Waals surface area contributed by atoms with E-state index in [1.807, 2.05) is 0 Å². The third kappa shape index (κ3) is 3.95. The van der Waals surface area contributed by atoms with Crippen molar-refractivity contribution in [1.29, 1.82) is 0 Å². The highest BCUT2D eigenvalue weighted by molar-refractivity contribution is 5.83. The Kier molecular flexibility index (Phi) is 5.16. The van der Waals surface area contributed by atoms with Gasteiger partial charge in [-0.05, 0) is 24.3 Å². The first-order chi connectivity index (χ1) is 10.1. The molecule has 6 heteroatoms. The number of aliphatic carboxylic acids is 1. The molecular formula is C15H20N2O4. The van der Waals surface area contributed by atoms with Crippen LogP contribution in [-0.2, 0) is 4.79 Å². The summed E-state index contributed by atoms with van der Waals surface area (Å²) in [5, 5.41) is 20.8. The highest BCUT2D eigenvalue weighted by atomic mass is 16.4. The van der Waals surface area contributed by atoms with E-state index in [4.69, 9.17) is 5.11 Å². The molecule has 114 valence electrons. The number of carboxylic acid groups (broad SMARTS) is 1. The number of carbonyl (C=O) groups excluding carboxylic acids is 1. The number of carbonyl (C=O) groups is 2. The normalized spacial score (nSPS) is 19.3. The molecule has 2 amide bonds. The van der Waals surface area contributed by atoms with Crippen LogP contribution < -0.4 is 5.32 Å². The van der Waals surface area contributed by atoms with Crippen molar-refractivity contribution < 1.29 is 19.8 Å². The Bertz CT molecular complexity index is 492. The van der Waals surface area contributed by atoms with Gasteiger partial charge in [0.2, 0.25) is 0 Å². The molecule has 1 aromatic rings. The first-order valence-electron chi connectivity index (χ1n) is 7.06. The van der Waals surface area contributed by atoms with Crippen LogP contribution in [0.2, 0.25) is 0 Å². The number of aliphatic hydroxyl groups excluding tert-OH is 1. The number of amides is 2. The number of nitrogens with zero attached hydrogens (tertiary/aromatic N) is 1. The molecule has 1 fully saturated rings. The maximum absolute atomic E-state index is 12.2. The Morgan fingerprint density at radius 1 is 1.33 bits per heavy atom. The first kappa shape index (κ1) is 15.3. The fraction of sp³-hybridized carbons (Fsp3) is 0.467. The van der Waals surface area contributed by atoms with Gasteiger partial charge in [-0.15, -0.1) is 0 Å². The maximum Gasteiger partial charge on any atom is 0.330 e. The van der Waals surface area contributed by atoms with Crippen molar-refractivity contribution in [2.45, 2.75) is 18.9 Å². The Hall–Kier alpha value is -2.08. The van der Waals surface area contributed by atoms with Crippen LogP contribution >= 0.6 is 0 Å². The van der Waals surface area contributed by atoms with E-state index in [0.717, 1.165) is 6.42 Å². The molecule has 0 aromatic heterocycles. The molecule has 1 aromatic carbocycles. The smallest absolute Gasteiger partial charge is 0.330 e. The van der Waals surface area contributed by atoms with Gasteiger partial charge in [-0.2, -0.15) is 0 Å². The van der Waals surface area contributed by atoms with Crippen molar-refractivity contribution in [3.8, 4) is 0 Å². The molecule has 0 bridgehead atoms. The molecule has 1 aliphatic heterocycles. The van der Waals surface area contributed by atoms with E-state index in [1.165, 1.54) is 0 Å². The minimum Gasteiger partial charge on any atom is -0.479 e. The number of rotatable bonds is 5. The Balaban J connectivity index is 1.98. The number of hydrogen-bond acceptors (Lipinski definition) is 3. The summed E-state index contributed by atoms with van der Waals surface area (Å²) in [6.07, 6.45) is 1.52. The predicted molar refractivity (Wildman–Crippen MR) is 76.7 cm³/mol.